The maximum absolute atomic E-state index is 12.4. The van der Waals surface area contributed by atoms with E-state index in [2.05, 4.69) is 27.0 Å². The maximum atomic E-state index is 12.4. The van der Waals surface area contributed by atoms with Gasteiger partial charge in [-0.1, -0.05) is 32.1 Å². The van der Waals surface area contributed by atoms with Crippen molar-refractivity contribution in [3.63, 3.8) is 0 Å². The summed E-state index contributed by atoms with van der Waals surface area (Å²) >= 11 is 1.32. The van der Waals surface area contributed by atoms with Crippen LogP contribution in [0.4, 0.5) is 5.13 Å². The molecule has 132 valence electrons. The monoisotopic (exact) mass is 357 g/mol. The van der Waals surface area contributed by atoms with Crippen molar-refractivity contribution in [1.29, 1.82) is 5.26 Å². The minimum absolute atomic E-state index is 0.0537. The molecule has 2 heterocycles. The average molecular weight is 357 g/mol. The van der Waals surface area contributed by atoms with Gasteiger partial charge in [-0.05, 0) is 38.0 Å². The van der Waals surface area contributed by atoms with E-state index in [0.717, 1.165) is 34.9 Å². The number of hydrogen-bond acceptors (Lipinski definition) is 5. The number of nitrogens with one attached hydrogen (secondary N) is 1. The highest BCUT2D eigenvalue weighted by Gasteiger charge is 2.15. The minimum atomic E-state index is -0.464. The first-order chi connectivity index (χ1) is 11.9. The molecule has 0 atom stereocenters. The molecule has 0 radical (unpaired) electrons. The molecule has 0 bridgehead atoms. The molecule has 0 spiro atoms. The number of nitrogens with zero attached hydrogens (tertiary/aromatic N) is 4. The molecule has 0 aliphatic heterocycles. The van der Waals surface area contributed by atoms with Crippen molar-refractivity contribution in [1.82, 2.24) is 14.8 Å². The largest absolute Gasteiger partial charge is 0.349 e. The van der Waals surface area contributed by atoms with Crippen LogP contribution < -0.4 is 5.32 Å². The van der Waals surface area contributed by atoms with Crippen molar-refractivity contribution < 1.29 is 4.79 Å². The first-order valence-electron chi connectivity index (χ1n) is 8.30. The predicted molar refractivity (Wildman–Crippen MR) is 100 cm³/mol. The number of carbonyl (C=O) groups is 1. The molecule has 2 rings (SSSR count). The highest BCUT2D eigenvalue weighted by Crippen LogP contribution is 2.23. The Bertz CT molecular complexity index is 838. The van der Waals surface area contributed by atoms with Gasteiger partial charge in [-0.15, -0.1) is 10.2 Å². The summed E-state index contributed by atoms with van der Waals surface area (Å²) in [5.41, 5.74) is 3.11. The van der Waals surface area contributed by atoms with Gasteiger partial charge in [0.05, 0.1) is 0 Å². The number of nitriles is 1. The second-order valence-corrected chi connectivity index (χ2v) is 7.21. The molecule has 1 amide bonds. The average Bonchev–Trinajstić information content (AvgIpc) is 3.13. The molecule has 0 saturated heterocycles. The normalized spacial score (nSPS) is 11.6. The first kappa shape index (κ1) is 18.9. The Kier molecular flexibility index (Phi) is 6.10. The Hall–Kier alpha value is -2.46. The van der Waals surface area contributed by atoms with Crippen LogP contribution in [-0.2, 0) is 11.3 Å². The Balaban J connectivity index is 2.23. The molecular weight excluding hydrogens is 334 g/mol. The second kappa shape index (κ2) is 8.08. The fraction of sp³-hybridized carbons (Fsp3) is 0.444. The number of hydrogen-bond donors (Lipinski definition) is 1. The molecule has 25 heavy (non-hydrogen) atoms. The highest BCUT2D eigenvalue weighted by atomic mass is 32.1. The van der Waals surface area contributed by atoms with Crippen molar-refractivity contribution in [2.45, 2.75) is 53.5 Å². The van der Waals surface area contributed by atoms with E-state index in [4.69, 9.17) is 0 Å². The number of rotatable bonds is 6. The lowest BCUT2D eigenvalue weighted by Gasteiger charge is -2.07. The van der Waals surface area contributed by atoms with E-state index >= 15 is 0 Å². The summed E-state index contributed by atoms with van der Waals surface area (Å²) in [7, 11) is 0. The summed E-state index contributed by atoms with van der Waals surface area (Å²) in [5.74, 6) is -0.215. The molecule has 6 nitrogen and oxygen atoms in total. The van der Waals surface area contributed by atoms with Gasteiger partial charge in [-0.3, -0.25) is 10.1 Å². The summed E-state index contributed by atoms with van der Waals surface area (Å²) in [4.78, 5) is 12.4. The van der Waals surface area contributed by atoms with Crippen molar-refractivity contribution in [3.8, 4) is 6.07 Å². The lowest BCUT2D eigenvalue weighted by atomic mass is 10.1. The van der Waals surface area contributed by atoms with Gasteiger partial charge in [0.2, 0.25) is 5.13 Å². The third kappa shape index (κ3) is 4.34. The van der Waals surface area contributed by atoms with E-state index in [-0.39, 0.29) is 11.5 Å². The fourth-order valence-electron chi connectivity index (χ4n) is 2.53. The molecule has 0 saturated carbocycles. The van der Waals surface area contributed by atoms with Crippen LogP contribution in [0.5, 0.6) is 0 Å². The number of anilines is 1. The van der Waals surface area contributed by atoms with E-state index in [0.29, 0.717) is 5.13 Å². The van der Waals surface area contributed by atoms with Crippen LogP contribution in [0.2, 0.25) is 0 Å². The molecule has 0 aliphatic rings. The van der Waals surface area contributed by atoms with E-state index in [1.54, 1.807) is 6.08 Å². The number of aromatic nitrogens is 3. The summed E-state index contributed by atoms with van der Waals surface area (Å²) < 4.78 is 2.19. The van der Waals surface area contributed by atoms with Gasteiger partial charge in [0.15, 0.2) is 0 Å². The Morgan fingerprint density at radius 3 is 2.72 bits per heavy atom. The molecule has 0 aromatic carbocycles. The zero-order valence-corrected chi connectivity index (χ0v) is 16.1. The smallest absolute Gasteiger partial charge is 0.268 e. The maximum Gasteiger partial charge on any atom is 0.268 e. The van der Waals surface area contributed by atoms with Crippen LogP contribution >= 0.6 is 11.3 Å². The second-order valence-electron chi connectivity index (χ2n) is 6.20. The molecule has 0 aliphatic carbocycles. The Morgan fingerprint density at radius 2 is 2.16 bits per heavy atom. The van der Waals surface area contributed by atoms with Crippen molar-refractivity contribution in [3.05, 3.63) is 33.6 Å². The van der Waals surface area contributed by atoms with Gasteiger partial charge in [0, 0.05) is 23.9 Å². The molecule has 1 N–H and O–H groups in total. The lowest BCUT2D eigenvalue weighted by molar-refractivity contribution is -0.112. The van der Waals surface area contributed by atoms with Crippen LogP contribution in [0, 0.1) is 25.2 Å². The van der Waals surface area contributed by atoms with E-state index in [9.17, 15) is 10.1 Å². The molecule has 7 heteroatoms. The van der Waals surface area contributed by atoms with Gasteiger partial charge in [0.25, 0.3) is 5.91 Å². The first-order valence-corrected chi connectivity index (χ1v) is 9.12. The van der Waals surface area contributed by atoms with Gasteiger partial charge in [0.1, 0.15) is 16.6 Å². The summed E-state index contributed by atoms with van der Waals surface area (Å²) in [5, 5.41) is 21.3. The third-order valence-corrected chi connectivity index (χ3v) is 5.02. The van der Waals surface area contributed by atoms with Crippen molar-refractivity contribution in [2.75, 3.05) is 5.32 Å². The van der Waals surface area contributed by atoms with Crippen LogP contribution in [-0.4, -0.2) is 20.7 Å². The number of carbonyl (C=O) groups excluding carboxylic acids is 1. The summed E-state index contributed by atoms with van der Waals surface area (Å²) in [6.07, 6.45) is 2.66. The third-order valence-electron chi connectivity index (χ3n) is 3.88. The Morgan fingerprint density at radius 1 is 1.44 bits per heavy atom. The number of aryl methyl sites for hydroxylation is 1. The Labute approximate surface area is 152 Å². The standard InChI is InChI=1S/C18H23N5OS/c1-6-7-23-12(4)8-14(13(23)5)9-15(10-19)16(24)20-18-22-21-17(25-18)11(2)3/h8-9,11H,6-7H2,1-5H3,(H,20,22,24)/b15-9+. The predicted octanol–water partition coefficient (Wildman–Crippen LogP) is 4.04. The van der Waals surface area contributed by atoms with E-state index in [1.807, 2.05) is 39.8 Å². The van der Waals surface area contributed by atoms with Crippen LogP contribution in [0.3, 0.4) is 0 Å². The van der Waals surface area contributed by atoms with Crippen LogP contribution in [0.15, 0.2) is 11.6 Å². The van der Waals surface area contributed by atoms with E-state index < -0.39 is 5.91 Å². The highest BCUT2D eigenvalue weighted by molar-refractivity contribution is 7.15. The van der Waals surface area contributed by atoms with Crippen LogP contribution in [0.1, 0.15) is 55.1 Å². The van der Waals surface area contributed by atoms with E-state index in [1.165, 1.54) is 11.3 Å². The topological polar surface area (TPSA) is 83.6 Å². The fourth-order valence-corrected chi connectivity index (χ4v) is 3.27. The van der Waals surface area contributed by atoms with Gasteiger partial charge < -0.3 is 4.57 Å². The lowest BCUT2D eigenvalue weighted by Crippen LogP contribution is -2.13. The minimum Gasteiger partial charge on any atom is -0.349 e. The van der Waals surface area contributed by atoms with Crippen molar-refractivity contribution in [2.24, 2.45) is 0 Å². The molecule has 2 aromatic rings. The van der Waals surface area contributed by atoms with Gasteiger partial charge in [-0.25, -0.2) is 0 Å². The molecule has 2 aromatic heterocycles. The zero-order valence-electron chi connectivity index (χ0n) is 15.3. The SMILES string of the molecule is CCCn1c(C)cc(/C=C(\C#N)C(=O)Nc2nnc(C(C)C)s2)c1C. The van der Waals surface area contributed by atoms with Crippen LogP contribution in [0.25, 0.3) is 6.08 Å². The van der Waals surface area contributed by atoms with Crippen molar-refractivity contribution >= 4 is 28.5 Å². The van der Waals surface area contributed by atoms with Gasteiger partial charge in [-0.2, -0.15) is 5.26 Å². The quantitative estimate of drug-likeness (QED) is 0.625. The summed E-state index contributed by atoms with van der Waals surface area (Å²) in [6, 6.07) is 3.98. The van der Waals surface area contributed by atoms with Gasteiger partial charge >= 0.3 is 0 Å². The zero-order chi connectivity index (χ0) is 18.6. The molecular formula is C18H23N5OS. The summed E-state index contributed by atoms with van der Waals surface area (Å²) in [6.45, 7) is 11.1. The molecule has 0 unspecified atom stereocenters. The molecule has 0 fully saturated rings. The number of amides is 1.